The van der Waals surface area contributed by atoms with Crippen LogP contribution >= 0.6 is 0 Å². The van der Waals surface area contributed by atoms with E-state index in [1.54, 1.807) is 11.1 Å². The monoisotopic (exact) mass is 231 g/mol. The molecule has 1 aromatic rings. The summed E-state index contributed by atoms with van der Waals surface area (Å²) in [5.41, 5.74) is 4.47. The summed E-state index contributed by atoms with van der Waals surface area (Å²) in [7, 11) is 0. The van der Waals surface area contributed by atoms with E-state index in [1.165, 1.54) is 44.2 Å². The van der Waals surface area contributed by atoms with Crippen LogP contribution in [0, 0.1) is 0 Å². The highest BCUT2D eigenvalue weighted by Crippen LogP contribution is 2.28. The van der Waals surface area contributed by atoms with Gasteiger partial charge in [-0.15, -0.1) is 0 Å². The van der Waals surface area contributed by atoms with E-state index in [0.717, 1.165) is 13.2 Å². The summed E-state index contributed by atoms with van der Waals surface area (Å²) in [4.78, 5) is 0. The van der Waals surface area contributed by atoms with Gasteiger partial charge in [0, 0.05) is 18.3 Å². The maximum absolute atomic E-state index is 5.54. The van der Waals surface area contributed by atoms with Crippen molar-refractivity contribution in [3.63, 3.8) is 0 Å². The van der Waals surface area contributed by atoms with Crippen LogP contribution in [0.4, 0.5) is 5.69 Å². The van der Waals surface area contributed by atoms with Crippen molar-refractivity contribution in [2.75, 3.05) is 18.5 Å². The fourth-order valence-electron chi connectivity index (χ4n) is 2.99. The lowest BCUT2D eigenvalue weighted by Crippen LogP contribution is -2.30. The minimum absolute atomic E-state index is 0.511. The maximum atomic E-state index is 5.54. The number of hydrogen-bond donors (Lipinski definition) is 1. The summed E-state index contributed by atoms with van der Waals surface area (Å²) in [6.07, 6.45) is 7.62. The smallest absolute Gasteiger partial charge is 0.0667 e. The van der Waals surface area contributed by atoms with Gasteiger partial charge in [0.25, 0.3) is 0 Å². The van der Waals surface area contributed by atoms with Crippen molar-refractivity contribution in [1.29, 1.82) is 0 Å². The normalized spacial score (nSPS) is 24.1. The molecule has 0 aromatic heterocycles. The van der Waals surface area contributed by atoms with Crippen molar-refractivity contribution in [1.82, 2.24) is 0 Å². The molecule has 1 aliphatic heterocycles. The number of hydrogen-bond acceptors (Lipinski definition) is 2. The Morgan fingerprint density at radius 3 is 2.94 bits per heavy atom. The zero-order valence-electron chi connectivity index (χ0n) is 10.4. The zero-order valence-corrected chi connectivity index (χ0v) is 10.4. The molecule has 1 unspecified atom stereocenters. The number of nitrogens with one attached hydrogen (secondary N) is 1. The van der Waals surface area contributed by atoms with Crippen LogP contribution in [0.15, 0.2) is 18.2 Å². The van der Waals surface area contributed by atoms with E-state index in [-0.39, 0.29) is 0 Å². The topological polar surface area (TPSA) is 21.3 Å². The first-order valence-corrected chi connectivity index (χ1v) is 6.88. The molecule has 2 aliphatic rings. The second-order valence-electron chi connectivity index (χ2n) is 5.21. The largest absolute Gasteiger partial charge is 0.380 e. The van der Waals surface area contributed by atoms with Gasteiger partial charge in [0.05, 0.1) is 6.61 Å². The highest BCUT2D eigenvalue weighted by atomic mass is 16.5. The van der Waals surface area contributed by atoms with E-state index in [9.17, 15) is 0 Å². The quantitative estimate of drug-likeness (QED) is 0.844. The van der Waals surface area contributed by atoms with Crippen molar-refractivity contribution in [2.45, 2.75) is 44.6 Å². The number of anilines is 1. The fourth-order valence-corrected chi connectivity index (χ4v) is 2.99. The third kappa shape index (κ3) is 2.47. The molecule has 1 heterocycles. The molecule has 0 saturated carbocycles. The molecule has 17 heavy (non-hydrogen) atoms. The lowest BCUT2D eigenvalue weighted by atomic mass is 9.90. The Morgan fingerprint density at radius 2 is 2.06 bits per heavy atom. The van der Waals surface area contributed by atoms with Crippen LogP contribution < -0.4 is 5.32 Å². The minimum atomic E-state index is 0.511. The predicted octanol–water partition coefficient (Wildman–Crippen LogP) is 3.16. The van der Waals surface area contributed by atoms with Gasteiger partial charge >= 0.3 is 0 Å². The third-order valence-electron chi connectivity index (χ3n) is 3.92. The van der Waals surface area contributed by atoms with Crippen LogP contribution in [0.2, 0.25) is 0 Å². The Balaban J connectivity index is 1.77. The third-order valence-corrected chi connectivity index (χ3v) is 3.92. The molecule has 0 bridgehead atoms. The Bertz CT molecular complexity index is 383. The molecule has 2 nitrogen and oxygen atoms in total. The molecule has 1 N–H and O–H groups in total. The Kier molecular flexibility index (Phi) is 3.32. The van der Waals surface area contributed by atoms with E-state index >= 15 is 0 Å². The van der Waals surface area contributed by atoms with Crippen molar-refractivity contribution < 1.29 is 4.74 Å². The average Bonchev–Trinajstić information content (AvgIpc) is 2.40. The summed E-state index contributed by atoms with van der Waals surface area (Å²) >= 11 is 0. The van der Waals surface area contributed by atoms with Crippen LogP contribution in [-0.2, 0) is 17.6 Å². The first-order chi connectivity index (χ1) is 8.43. The zero-order chi connectivity index (χ0) is 11.5. The standard InChI is InChI=1S/C15H21NO/c1-2-8-14-12(5-1)6-3-9-15(14)16-13-7-4-10-17-11-13/h3,6,9,13,16H,1-2,4-5,7-8,10-11H2. The Morgan fingerprint density at radius 1 is 1.12 bits per heavy atom. The van der Waals surface area contributed by atoms with Crippen molar-refractivity contribution in [3.8, 4) is 0 Å². The van der Waals surface area contributed by atoms with Gasteiger partial charge in [0.2, 0.25) is 0 Å². The SMILES string of the molecule is c1cc2c(c(NC3CCCOC3)c1)CCCC2. The van der Waals surface area contributed by atoms with E-state index < -0.39 is 0 Å². The van der Waals surface area contributed by atoms with Gasteiger partial charge in [0.15, 0.2) is 0 Å². The summed E-state index contributed by atoms with van der Waals surface area (Å²) in [6, 6.07) is 7.23. The highest BCUT2D eigenvalue weighted by molar-refractivity contribution is 5.56. The van der Waals surface area contributed by atoms with Crippen LogP contribution in [-0.4, -0.2) is 19.3 Å². The van der Waals surface area contributed by atoms with E-state index in [0.29, 0.717) is 6.04 Å². The van der Waals surface area contributed by atoms with Gasteiger partial charge in [-0.25, -0.2) is 0 Å². The molecule has 1 aromatic carbocycles. The minimum Gasteiger partial charge on any atom is -0.380 e. The molecular formula is C15H21NO. The number of ether oxygens (including phenoxy) is 1. The van der Waals surface area contributed by atoms with Crippen molar-refractivity contribution in [3.05, 3.63) is 29.3 Å². The molecule has 3 rings (SSSR count). The molecule has 92 valence electrons. The van der Waals surface area contributed by atoms with Gasteiger partial charge in [-0.1, -0.05) is 12.1 Å². The lowest BCUT2D eigenvalue weighted by molar-refractivity contribution is 0.0876. The van der Waals surface area contributed by atoms with Gasteiger partial charge < -0.3 is 10.1 Å². The Labute approximate surface area is 103 Å². The molecule has 1 atom stereocenters. The van der Waals surface area contributed by atoms with Gasteiger partial charge in [-0.05, 0) is 55.7 Å². The lowest BCUT2D eigenvalue weighted by Gasteiger charge is -2.27. The van der Waals surface area contributed by atoms with Crippen LogP contribution in [0.1, 0.15) is 36.8 Å². The van der Waals surface area contributed by atoms with E-state index in [1.807, 2.05) is 0 Å². The summed E-state index contributed by atoms with van der Waals surface area (Å²) in [5.74, 6) is 0. The molecule has 0 radical (unpaired) electrons. The molecule has 0 amide bonds. The summed E-state index contributed by atoms with van der Waals surface area (Å²) < 4.78 is 5.54. The first-order valence-electron chi connectivity index (χ1n) is 6.88. The first kappa shape index (κ1) is 11.1. The molecule has 0 spiro atoms. The maximum Gasteiger partial charge on any atom is 0.0667 e. The van der Waals surface area contributed by atoms with Gasteiger partial charge in [-0.3, -0.25) is 0 Å². The number of fused-ring (bicyclic) bond motifs is 1. The second-order valence-corrected chi connectivity index (χ2v) is 5.21. The number of aryl methyl sites for hydroxylation is 1. The van der Waals surface area contributed by atoms with Gasteiger partial charge in [0.1, 0.15) is 0 Å². The summed E-state index contributed by atoms with van der Waals surface area (Å²) in [6.45, 7) is 1.80. The number of benzene rings is 1. The molecule has 1 saturated heterocycles. The summed E-state index contributed by atoms with van der Waals surface area (Å²) in [5, 5.41) is 3.68. The fraction of sp³-hybridized carbons (Fsp3) is 0.600. The van der Waals surface area contributed by atoms with E-state index in [4.69, 9.17) is 4.74 Å². The van der Waals surface area contributed by atoms with Crippen LogP contribution in [0.25, 0.3) is 0 Å². The molecule has 2 heteroatoms. The predicted molar refractivity (Wildman–Crippen MR) is 70.5 cm³/mol. The second kappa shape index (κ2) is 5.09. The number of rotatable bonds is 2. The van der Waals surface area contributed by atoms with Crippen molar-refractivity contribution in [2.24, 2.45) is 0 Å². The van der Waals surface area contributed by atoms with Crippen molar-refractivity contribution >= 4 is 5.69 Å². The van der Waals surface area contributed by atoms with E-state index in [2.05, 4.69) is 23.5 Å². The average molecular weight is 231 g/mol. The molecular weight excluding hydrogens is 210 g/mol. The molecule has 1 fully saturated rings. The van der Waals surface area contributed by atoms with Crippen LogP contribution in [0.5, 0.6) is 0 Å². The van der Waals surface area contributed by atoms with Gasteiger partial charge in [-0.2, -0.15) is 0 Å². The Hall–Kier alpha value is -1.02. The highest BCUT2D eigenvalue weighted by Gasteiger charge is 2.17. The molecule has 1 aliphatic carbocycles. The van der Waals surface area contributed by atoms with Crippen LogP contribution in [0.3, 0.4) is 0 Å².